The molecule has 0 atom stereocenters. The lowest BCUT2D eigenvalue weighted by atomic mass is 10.2. The van der Waals surface area contributed by atoms with Crippen LogP contribution >= 0.6 is 15.9 Å². The van der Waals surface area contributed by atoms with E-state index in [4.69, 9.17) is 5.26 Å². The standard InChI is InChI=1S/C10H8BrN3O2/c11-4-2-1-3-8-5-10(14(15)16)9(6-12)13-7-8/h1,3,5,7H,2,4H2. The highest BCUT2D eigenvalue weighted by molar-refractivity contribution is 9.09. The van der Waals surface area contributed by atoms with Crippen LogP contribution in [0.15, 0.2) is 18.3 Å². The van der Waals surface area contributed by atoms with E-state index in [1.165, 1.54) is 12.3 Å². The minimum absolute atomic E-state index is 0.164. The fourth-order valence-electron chi connectivity index (χ4n) is 1.07. The van der Waals surface area contributed by atoms with Crippen molar-refractivity contribution in [3.05, 3.63) is 39.7 Å². The summed E-state index contributed by atoms with van der Waals surface area (Å²) < 4.78 is 0. The molecule has 0 saturated heterocycles. The molecule has 1 aromatic rings. The van der Waals surface area contributed by atoms with Crippen molar-refractivity contribution in [1.29, 1.82) is 5.26 Å². The highest BCUT2D eigenvalue weighted by Gasteiger charge is 2.14. The Morgan fingerprint density at radius 2 is 2.44 bits per heavy atom. The molecule has 0 spiro atoms. The van der Waals surface area contributed by atoms with E-state index in [1.807, 2.05) is 6.08 Å². The lowest BCUT2D eigenvalue weighted by molar-refractivity contribution is -0.385. The maximum absolute atomic E-state index is 10.6. The van der Waals surface area contributed by atoms with E-state index in [-0.39, 0.29) is 11.4 Å². The largest absolute Gasteiger partial charge is 0.306 e. The summed E-state index contributed by atoms with van der Waals surface area (Å²) in [4.78, 5) is 13.8. The molecule has 0 unspecified atom stereocenters. The predicted molar refractivity (Wildman–Crippen MR) is 63.1 cm³/mol. The van der Waals surface area contributed by atoms with E-state index < -0.39 is 4.92 Å². The third-order valence-corrected chi connectivity index (χ3v) is 2.24. The summed E-state index contributed by atoms with van der Waals surface area (Å²) >= 11 is 3.27. The van der Waals surface area contributed by atoms with Crippen molar-refractivity contribution in [2.45, 2.75) is 6.42 Å². The molecule has 0 bridgehead atoms. The summed E-state index contributed by atoms with van der Waals surface area (Å²) in [5.41, 5.74) is 0.192. The Bertz CT molecular complexity index is 466. The minimum atomic E-state index is -0.604. The molecule has 1 rings (SSSR count). The summed E-state index contributed by atoms with van der Waals surface area (Å²) in [5.74, 6) is 0. The van der Waals surface area contributed by atoms with Gasteiger partial charge in [0, 0.05) is 17.6 Å². The van der Waals surface area contributed by atoms with Crippen molar-refractivity contribution in [2.24, 2.45) is 0 Å². The lowest BCUT2D eigenvalue weighted by Gasteiger charge is -1.96. The van der Waals surface area contributed by atoms with E-state index >= 15 is 0 Å². The van der Waals surface area contributed by atoms with Crippen molar-refractivity contribution >= 4 is 27.7 Å². The van der Waals surface area contributed by atoms with Crippen LogP contribution < -0.4 is 0 Å². The van der Waals surface area contributed by atoms with Crippen LogP contribution in [0.2, 0.25) is 0 Å². The Labute approximate surface area is 101 Å². The highest BCUT2D eigenvalue weighted by Crippen LogP contribution is 2.17. The number of aromatic nitrogens is 1. The molecule has 6 heteroatoms. The SMILES string of the molecule is N#Cc1ncc(C=CCCBr)cc1[N+](=O)[O-]. The maximum atomic E-state index is 10.6. The van der Waals surface area contributed by atoms with Crippen LogP contribution in [0.1, 0.15) is 17.7 Å². The smallest absolute Gasteiger partial charge is 0.258 e. The van der Waals surface area contributed by atoms with Crippen molar-refractivity contribution in [3.63, 3.8) is 0 Å². The average Bonchev–Trinajstić information content (AvgIpc) is 2.29. The molecule has 0 saturated carbocycles. The zero-order valence-electron chi connectivity index (χ0n) is 8.26. The summed E-state index contributed by atoms with van der Waals surface area (Å²) in [6.45, 7) is 0. The molecule has 0 aliphatic heterocycles. The fourth-order valence-corrected chi connectivity index (χ4v) is 1.33. The summed E-state index contributed by atoms with van der Waals surface area (Å²) in [6.07, 6.45) is 5.88. The lowest BCUT2D eigenvalue weighted by Crippen LogP contribution is -1.95. The first kappa shape index (κ1) is 12.3. The fraction of sp³-hybridized carbons (Fsp3) is 0.200. The number of pyridine rings is 1. The zero-order chi connectivity index (χ0) is 12.0. The molecule has 1 aromatic heterocycles. The molecule has 5 nitrogen and oxygen atoms in total. The van der Waals surface area contributed by atoms with Gasteiger partial charge in [0.15, 0.2) is 0 Å². The van der Waals surface area contributed by atoms with Gasteiger partial charge >= 0.3 is 5.69 Å². The van der Waals surface area contributed by atoms with Crippen molar-refractivity contribution < 1.29 is 4.92 Å². The van der Waals surface area contributed by atoms with E-state index in [1.54, 1.807) is 12.1 Å². The van der Waals surface area contributed by atoms with E-state index in [0.29, 0.717) is 5.56 Å². The molecule has 82 valence electrons. The number of nitrogens with zero attached hydrogens (tertiary/aromatic N) is 3. The first-order valence-electron chi connectivity index (χ1n) is 4.46. The number of hydrogen-bond donors (Lipinski definition) is 0. The Morgan fingerprint density at radius 1 is 1.69 bits per heavy atom. The van der Waals surface area contributed by atoms with Gasteiger partial charge in [-0.1, -0.05) is 28.1 Å². The van der Waals surface area contributed by atoms with Crippen LogP contribution in [0.3, 0.4) is 0 Å². The Morgan fingerprint density at radius 3 is 3.00 bits per heavy atom. The third-order valence-electron chi connectivity index (χ3n) is 1.78. The Balaban J connectivity index is 3.04. The van der Waals surface area contributed by atoms with Gasteiger partial charge in [-0.2, -0.15) is 5.26 Å². The van der Waals surface area contributed by atoms with Gasteiger partial charge in [0.05, 0.1) is 4.92 Å². The second-order valence-corrected chi connectivity index (χ2v) is 3.68. The molecular weight excluding hydrogens is 274 g/mol. The van der Waals surface area contributed by atoms with E-state index in [2.05, 4.69) is 20.9 Å². The quantitative estimate of drug-likeness (QED) is 0.483. The van der Waals surface area contributed by atoms with Crippen molar-refractivity contribution in [3.8, 4) is 6.07 Å². The molecule has 0 fully saturated rings. The number of halogens is 1. The normalized spacial score (nSPS) is 10.2. The van der Waals surface area contributed by atoms with Crippen LogP contribution in [0.4, 0.5) is 5.69 Å². The van der Waals surface area contributed by atoms with Gasteiger partial charge in [-0.25, -0.2) is 4.98 Å². The highest BCUT2D eigenvalue weighted by atomic mass is 79.9. The summed E-state index contributed by atoms with van der Waals surface area (Å²) in [5, 5.41) is 20.1. The van der Waals surface area contributed by atoms with Gasteiger partial charge in [-0.05, 0) is 12.0 Å². The van der Waals surface area contributed by atoms with Crippen LogP contribution in [0, 0.1) is 21.4 Å². The first-order valence-corrected chi connectivity index (χ1v) is 5.58. The molecule has 0 amide bonds. The summed E-state index contributed by atoms with van der Waals surface area (Å²) in [6, 6.07) is 3.03. The maximum Gasteiger partial charge on any atom is 0.306 e. The molecule has 0 aromatic carbocycles. The van der Waals surface area contributed by atoms with Crippen LogP contribution in [0.25, 0.3) is 6.08 Å². The molecule has 0 aliphatic rings. The van der Waals surface area contributed by atoms with Crippen LogP contribution in [-0.4, -0.2) is 15.2 Å². The van der Waals surface area contributed by atoms with Gasteiger partial charge in [0.2, 0.25) is 5.69 Å². The summed E-state index contributed by atoms with van der Waals surface area (Å²) in [7, 11) is 0. The number of allylic oxidation sites excluding steroid dienone is 1. The van der Waals surface area contributed by atoms with Gasteiger partial charge in [-0.15, -0.1) is 0 Å². The average molecular weight is 282 g/mol. The first-order chi connectivity index (χ1) is 7.69. The number of alkyl halides is 1. The van der Waals surface area contributed by atoms with Gasteiger partial charge in [0.1, 0.15) is 6.07 Å². The third kappa shape index (κ3) is 3.14. The zero-order valence-corrected chi connectivity index (χ0v) is 9.85. The van der Waals surface area contributed by atoms with Gasteiger partial charge in [0.25, 0.3) is 0 Å². The monoisotopic (exact) mass is 281 g/mol. The number of rotatable bonds is 4. The molecule has 16 heavy (non-hydrogen) atoms. The number of hydrogen-bond acceptors (Lipinski definition) is 4. The second kappa shape index (κ2) is 5.98. The predicted octanol–water partition coefficient (Wildman–Crippen LogP) is 2.66. The minimum Gasteiger partial charge on any atom is -0.258 e. The molecule has 0 N–H and O–H groups in total. The Hall–Kier alpha value is -1.74. The molecule has 0 aliphatic carbocycles. The van der Waals surface area contributed by atoms with Gasteiger partial charge in [-0.3, -0.25) is 10.1 Å². The number of nitro groups is 1. The molecule has 1 heterocycles. The van der Waals surface area contributed by atoms with Crippen LogP contribution in [0.5, 0.6) is 0 Å². The molecule has 0 radical (unpaired) electrons. The van der Waals surface area contributed by atoms with Crippen molar-refractivity contribution in [2.75, 3.05) is 5.33 Å². The van der Waals surface area contributed by atoms with Crippen LogP contribution in [-0.2, 0) is 0 Å². The van der Waals surface area contributed by atoms with E-state index in [0.717, 1.165) is 11.8 Å². The van der Waals surface area contributed by atoms with E-state index in [9.17, 15) is 10.1 Å². The molecular formula is C10H8BrN3O2. The van der Waals surface area contributed by atoms with Crippen molar-refractivity contribution in [1.82, 2.24) is 4.98 Å². The number of nitriles is 1. The topological polar surface area (TPSA) is 79.8 Å². The van der Waals surface area contributed by atoms with Gasteiger partial charge < -0.3 is 0 Å². The second-order valence-electron chi connectivity index (χ2n) is 2.89. The Kier molecular flexibility index (Phi) is 4.61.